The van der Waals surface area contributed by atoms with Crippen LogP contribution in [0.2, 0.25) is 0 Å². The maximum Gasteiger partial charge on any atom is 0.355 e. The Bertz CT molecular complexity index is 997. The van der Waals surface area contributed by atoms with Crippen molar-refractivity contribution in [2.75, 3.05) is 13.2 Å². The van der Waals surface area contributed by atoms with E-state index < -0.39 is 5.54 Å². The lowest BCUT2D eigenvalue weighted by atomic mass is 9.87. The van der Waals surface area contributed by atoms with Gasteiger partial charge in [0, 0.05) is 12.0 Å². The fraction of sp³-hybridized carbons (Fsp3) is 0.565. The van der Waals surface area contributed by atoms with Crippen molar-refractivity contribution in [2.24, 2.45) is 5.92 Å². The lowest BCUT2D eigenvalue weighted by Crippen LogP contribution is -2.26. The lowest BCUT2D eigenvalue weighted by Gasteiger charge is -2.30. The minimum absolute atomic E-state index is 0.133. The van der Waals surface area contributed by atoms with Crippen molar-refractivity contribution in [1.29, 1.82) is 5.26 Å². The smallest absolute Gasteiger partial charge is 0.355 e. The fourth-order valence-electron chi connectivity index (χ4n) is 5.00. The Hall–Kier alpha value is -2.32. The molecule has 2 aliphatic carbocycles. The number of benzene rings is 1. The third-order valence-corrected chi connectivity index (χ3v) is 6.95. The highest BCUT2D eigenvalue weighted by Gasteiger charge is 2.55. The zero-order valence-electron chi connectivity index (χ0n) is 16.5. The summed E-state index contributed by atoms with van der Waals surface area (Å²) in [4.78, 5) is 12.6. The van der Waals surface area contributed by atoms with Crippen molar-refractivity contribution in [3.05, 3.63) is 35.5 Å². The molecule has 5 heteroatoms. The molecule has 1 aromatic heterocycles. The van der Waals surface area contributed by atoms with Crippen LogP contribution in [0.5, 0.6) is 0 Å². The summed E-state index contributed by atoms with van der Waals surface area (Å²) in [6.45, 7) is 5.02. The first-order valence-corrected chi connectivity index (χ1v) is 10.4. The van der Waals surface area contributed by atoms with Crippen LogP contribution in [-0.2, 0) is 15.0 Å². The highest BCUT2D eigenvalue weighted by Crippen LogP contribution is 2.53. The van der Waals surface area contributed by atoms with Gasteiger partial charge in [-0.15, -0.1) is 0 Å². The number of aromatic nitrogens is 1. The molecule has 146 valence electrons. The molecule has 28 heavy (non-hydrogen) atoms. The van der Waals surface area contributed by atoms with Crippen LogP contribution in [0.15, 0.2) is 24.3 Å². The summed E-state index contributed by atoms with van der Waals surface area (Å²) in [7, 11) is 0. The molecule has 1 aliphatic heterocycles. The highest BCUT2D eigenvalue weighted by atomic mass is 16.5. The van der Waals surface area contributed by atoms with E-state index in [4.69, 9.17) is 9.47 Å². The molecule has 0 radical (unpaired) electrons. The van der Waals surface area contributed by atoms with Crippen LogP contribution in [0.1, 0.15) is 67.9 Å². The molecule has 0 unspecified atom stereocenters. The number of hydrogen-bond donors (Lipinski definition) is 0. The van der Waals surface area contributed by atoms with E-state index in [1.54, 1.807) is 0 Å². The van der Waals surface area contributed by atoms with Crippen LogP contribution < -0.4 is 0 Å². The van der Waals surface area contributed by atoms with Gasteiger partial charge in [0.15, 0.2) is 0 Å². The maximum atomic E-state index is 12.6. The molecule has 1 spiro atoms. The number of carbonyl (C=O) groups is 1. The highest BCUT2D eigenvalue weighted by molar-refractivity contribution is 5.96. The van der Waals surface area contributed by atoms with Gasteiger partial charge in [-0.3, -0.25) is 0 Å². The molecule has 5 rings (SSSR count). The number of nitrogens with zero attached hydrogens (tertiary/aromatic N) is 2. The SMILES string of the molecule is CCOC(=O)c1cc2cc([C@H]3CCOC4(CC4)C3)ccc2n1[C@]1(C#N)C[C@H]1C. The monoisotopic (exact) mass is 378 g/mol. The van der Waals surface area contributed by atoms with E-state index in [2.05, 4.69) is 31.2 Å². The van der Waals surface area contributed by atoms with Crippen LogP contribution in [0, 0.1) is 17.2 Å². The Morgan fingerprint density at radius 1 is 1.36 bits per heavy atom. The molecule has 3 aliphatic rings. The van der Waals surface area contributed by atoms with Crippen molar-refractivity contribution >= 4 is 16.9 Å². The summed E-state index contributed by atoms with van der Waals surface area (Å²) in [5.74, 6) is 0.378. The number of hydrogen-bond acceptors (Lipinski definition) is 4. The number of carbonyl (C=O) groups excluding carboxylic acids is 1. The first kappa shape index (κ1) is 17.8. The molecule has 2 saturated carbocycles. The summed E-state index contributed by atoms with van der Waals surface area (Å²) < 4.78 is 13.2. The van der Waals surface area contributed by atoms with Crippen molar-refractivity contribution in [1.82, 2.24) is 4.57 Å². The zero-order chi connectivity index (χ0) is 19.5. The molecule has 2 aromatic rings. The van der Waals surface area contributed by atoms with Crippen molar-refractivity contribution in [3.63, 3.8) is 0 Å². The molecule has 2 heterocycles. The average Bonchev–Trinajstić information content (AvgIpc) is 3.56. The molecule has 1 aromatic carbocycles. The Labute approximate surface area is 165 Å². The van der Waals surface area contributed by atoms with Crippen molar-refractivity contribution in [2.45, 2.75) is 63.0 Å². The van der Waals surface area contributed by atoms with Gasteiger partial charge in [0.05, 0.1) is 23.8 Å². The predicted octanol–water partition coefficient (Wildman–Crippen LogP) is 4.50. The molecule has 1 saturated heterocycles. The fourth-order valence-corrected chi connectivity index (χ4v) is 5.00. The normalized spacial score (nSPS) is 30.2. The van der Waals surface area contributed by atoms with E-state index in [0.717, 1.165) is 36.8 Å². The van der Waals surface area contributed by atoms with Gasteiger partial charge in [-0.25, -0.2) is 4.79 Å². The molecule has 3 fully saturated rings. The first-order chi connectivity index (χ1) is 13.5. The van der Waals surface area contributed by atoms with E-state index >= 15 is 0 Å². The van der Waals surface area contributed by atoms with E-state index in [0.29, 0.717) is 18.2 Å². The Morgan fingerprint density at radius 3 is 2.79 bits per heavy atom. The first-order valence-electron chi connectivity index (χ1n) is 10.4. The minimum Gasteiger partial charge on any atom is -0.461 e. The van der Waals surface area contributed by atoms with E-state index in [1.165, 1.54) is 18.4 Å². The molecular weight excluding hydrogens is 352 g/mol. The molecule has 0 N–H and O–H groups in total. The number of ether oxygens (including phenoxy) is 2. The summed E-state index contributed by atoms with van der Waals surface area (Å²) in [5.41, 5.74) is 2.25. The topological polar surface area (TPSA) is 64.2 Å². The lowest BCUT2D eigenvalue weighted by molar-refractivity contribution is -0.0132. The van der Waals surface area contributed by atoms with Crippen LogP contribution in [-0.4, -0.2) is 29.4 Å². The number of esters is 1. The Kier molecular flexibility index (Phi) is 3.86. The van der Waals surface area contributed by atoms with Crippen LogP contribution in [0.3, 0.4) is 0 Å². The zero-order valence-corrected chi connectivity index (χ0v) is 16.5. The van der Waals surface area contributed by atoms with Crippen molar-refractivity contribution in [3.8, 4) is 6.07 Å². The third-order valence-electron chi connectivity index (χ3n) is 6.95. The number of fused-ring (bicyclic) bond motifs is 1. The van der Waals surface area contributed by atoms with Gasteiger partial charge in [0.25, 0.3) is 0 Å². The van der Waals surface area contributed by atoms with E-state index in [-0.39, 0.29) is 17.5 Å². The second kappa shape index (κ2) is 6.09. The Balaban J connectivity index is 1.59. The van der Waals surface area contributed by atoms with Crippen molar-refractivity contribution < 1.29 is 14.3 Å². The van der Waals surface area contributed by atoms with Crippen LogP contribution >= 0.6 is 0 Å². The summed E-state index contributed by atoms with van der Waals surface area (Å²) in [5, 5.41) is 10.9. The largest absolute Gasteiger partial charge is 0.461 e. The van der Waals surface area contributed by atoms with Gasteiger partial charge < -0.3 is 14.0 Å². The van der Waals surface area contributed by atoms with Gasteiger partial charge in [0.1, 0.15) is 11.2 Å². The molecule has 0 bridgehead atoms. The quantitative estimate of drug-likeness (QED) is 0.735. The van der Waals surface area contributed by atoms with E-state index in [9.17, 15) is 10.1 Å². The van der Waals surface area contributed by atoms with Gasteiger partial charge in [-0.2, -0.15) is 5.26 Å². The standard InChI is InChI=1S/C23H26N2O3/c1-3-27-21(26)20-11-18-10-16(17-6-9-28-22(13-17)7-8-22)4-5-19(18)25(20)23(14-24)12-15(23)2/h4-5,10-11,15,17H,3,6-9,12-13H2,1-2H3/t15-,17+,23+/m1/s1. The Morgan fingerprint density at radius 2 is 2.14 bits per heavy atom. The van der Waals surface area contributed by atoms with Gasteiger partial charge in [-0.1, -0.05) is 13.0 Å². The molecule has 3 atom stereocenters. The average molecular weight is 378 g/mol. The van der Waals surface area contributed by atoms with Crippen LogP contribution in [0.4, 0.5) is 0 Å². The second-order valence-electron chi connectivity index (χ2n) is 8.77. The predicted molar refractivity (Wildman–Crippen MR) is 105 cm³/mol. The minimum atomic E-state index is -0.637. The van der Waals surface area contributed by atoms with E-state index in [1.807, 2.05) is 17.6 Å². The molecular formula is C23H26N2O3. The maximum absolute atomic E-state index is 12.6. The summed E-state index contributed by atoms with van der Waals surface area (Å²) in [6, 6.07) is 10.9. The van der Waals surface area contributed by atoms with Gasteiger partial charge in [-0.05, 0) is 74.6 Å². The second-order valence-corrected chi connectivity index (χ2v) is 8.77. The van der Waals surface area contributed by atoms with Crippen LogP contribution in [0.25, 0.3) is 10.9 Å². The molecule has 5 nitrogen and oxygen atoms in total. The number of rotatable bonds is 4. The summed E-state index contributed by atoms with van der Waals surface area (Å²) >= 11 is 0. The van der Waals surface area contributed by atoms with Gasteiger partial charge in [0.2, 0.25) is 0 Å². The van der Waals surface area contributed by atoms with Gasteiger partial charge >= 0.3 is 5.97 Å². The molecule has 0 amide bonds. The number of nitriles is 1. The summed E-state index contributed by atoms with van der Waals surface area (Å²) in [6.07, 6.45) is 5.25. The third kappa shape index (κ3) is 2.58.